The molecule has 0 fully saturated rings. The molecule has 2 N–H and O–H groups in total. The molecular weight excluding hydrogens is 467 g/mol. The molecule has 0 aliphatic rings. The number of methoxy groups -OCH3 is 1. The lowest BCUT2D eigenvalue weighted by molar-refractivity contribution is 0.372. The average Bonchev–Trinajstić information content (AvgIpc) is 2.94. The van der Waals surface area contributed by atoms with E-state index >= 15 is 0 Å². The number of hydrogen-bond acceptors (Lipinski definition) is 3. The first kappa shape index (κ1) is 20.6. The molecule has 3 aromatic rings. The van der Waals surface area contributed by atoms with E-state index < -0.39 is 0 Å². The molecule has 1 heterocycles. The molecule has 0 unspecified atom stereocenters. The Morgan fingerprint density at radius 1 is 1.18 bits per heavy atom. The van der Waals surface area contributed by atoms with Crippen molar-refractivity contribution in [2.75, 3.05) is 7.11 Å². The Balaban J connectivity index is 2.33. The summed E-state index contributed by atoms with van der Waals surface area (Å²) in [6.07, 6.45) is 1.73. The van der Waals surface area contributed by atoms with E-state index in [1.165, 1.54) is 11.8 Å². The second-order valence-corrected chi connectivity index (χ2v) is 8.09. The van der Waals surface area contributed by atoms with Gasteiger partial charge in [-0.25, -0.2) is 4.68 Å². The average molecular weight is 484 g/mol. The zero-order valence-corrected chi connectivity index (χ0v) is 18.4. The highest BCUT2D eigenvalue weighted by atomic mass is 79.9. The van der Waals surface area contributed by atoms with Crippen LogP contribution in [0.3, 0.4) is 0 Å². The summed E-state index contributed by atoms with van der Waals surface area (Å²) >= 11 is 15.5. The van der Waals surface area contributed by atoms with E-state index in [9.17, 15) is 9.90 Å². The van der Waals surface area contributed by atoms with Crippen LogP contribution in [0, 0.1) is 0 Å². The van der Waals surface area contributed by atoms with E-state index in [0.29, 0.717) is 42.1 Å². The van der Waals surface area contributed by atoms with Gasteiger partial charge < -0.3 is 9.84 Å². The Morgan fingerprint density at radius 2 is 1.82 bits per heavy atom. The second-order valence-electron chi connectivity index (χ2n) is 6.37. The van der Waals surface area contributed by atoms with E-state index in [1.54, 1.807) is 36.4 Å². The molecule has 8 heteroatoms. The molecule has 0 amide bonds. The first-order valence-electron chi connectivity index (χ1n) is 8.24. The fraction of sp³-hybridized carbons (Fsp3) is 0.150. The SMILES string of the molecule is COc1cc(C=c2c(=C(C)C)[nH]n(-c3cc(Cl)cc(Cl)c3)c2=O)cc(Br)c1O. The topological polar surface area (TPSA) is 67.2 Å². The van der Waals surface area contributed by atoms with Crippen LogP contribution in [0.5, 0.6) is 11.5 Å². The van der Waals surface area contributed by atoms with Gasteiger partial charge >= 0.3 is 0 Å². The van der Waals surface area contributed by atoms with Gasteiger partial charge in [0.2, 0.25) is 0 Å². The first-order valence-corrected chi connectivity index (χ1v) is 9.79. The maximum Gasteiger partial charge on any atom is 0.279 e. The normalized spacial score (nSPS) is 11.7. The van der Waals surface area contributed by atoms with Crippen LogP contribution in [-0.2, 0) is 0 Å². The Hall–Kier alpha value is -2.15. The number of aromatic amines is 1. The van der Waals surface area contributed by atoms with Crippen LogP contribution in [0.25, 0.3) is 17.3 Å². The highest BCUT2D eigenvalue weighted by Gasteiger charge is 2.11. The van der Waals surface area contributed by atoms with Crippen LogP contribution < -0.4 is 20.9 Å². The Bertz CT molecular complexity index is 1220. The summed E-state index contributed by atoms with van der Waals surface area (Å²) in [5.74, 6) is 0.301. The van der Waals surface area contributed by atoms with Crippen LogP contribution in [0.15, 0.2) is 39.6 Å². The fourth-order valence-electron chi connectivity index (χ4n) is 2.81. The standard InChI is InChI=1S/C20H17BrCl2N2O3/c1-10(2)18-15(4-11-5-16(21)19(26)17(6-11)28-3)20(27)25(24-18)14-8-12(22)7-13(23)9-14/h4-9,24,26H,1-3H3. The number of H-pyrrole nitrogens is 1. The number of ether oxygens (including phenoxy) is 1. The number of aromatic hydroxyl groups is 1. The lowest BCUT2D eigenvalue weighted by Crippen LogP contribution is -2.35. The number of halogens is 3. The number of phenols is 1. The van der Waals surface area contributed by atoms with Crippen LogP contribution in [-0.4, -0.2) is 22.0 Å². The van der Waals surface area contributed by atoms with Crippen molar-refractivity contribution in [2.45, 2.75) is 13.8 Å². The zero-order valence-electron chi connectivity index (χ0n) is 15.3. The molecule has 5 nitrogen and oxygen atoms in total. The second kappa shape index (κ2) is 8.07. The summed E-state index contributed by atoms with van der Waals surface area (Å²) in [4.78, 5) is 13.1. The summed E-state index contributed by atoms with van der Waals surface area (Å²) in [5, 5.41) is 15.1. The molecule has 0 bridgehead atoms. The number of phenolic OH excluding ortho intramolecular Hbond substituents is 1. The highest BCUT2D eigenvalue weighted by molar-refractivity contribution is 9.10. The molecule has 28 heavy (non-hydrogen) atoms. The van der Waals surface area contributed by atoms with Gasteiger partial charge in [0.05, 0.1) is 27.8 Å². The van der Waals surface area contributed by atoms with Crippen molar-refractivity contribution in [1.29, 1.82) is 0 Å². The zero-order chi connectivity index (χ0) is 20.6. The summed E-state index contributed by atoms with van der Waals surface area (Å²) in [6.45, 7) is 3.82. The third-order valence-electron chi connectivity index (χ3n) is 4.11. The third-order valence-corrected chi connectivity index (χ3v) is 5.15. The minimum atomic E-state index is -0.252. The summed E-state index contributed by atoms with van der Waals surface area (Å²) in [7, 11) is 1.47. The van der Waals surface area contributed by atoms with Gasteiger partial charge in [0.15, 0.2) is 11.5 Å². The lowest BCUT2D eigenvalue weighted by Gasteiger charge is -2.06. The molecule has 2 aromatic carbocycles. The minimum Gasteiger partial charge on any atom is -0.503 e. The van der Waals surface area contributed by atoms with Crippen LogP contribution >= 0.6 is 39.1 Å². The Kier molecular flexibility index (Phi) is 5.93. The molecule has 0 aliphatic heterocycles. The highest BCUT2D eigenvalue weighted by Crippen LogP contribution is 2.35. The number of aromatic nitrogens is 2. The molecular formula is C20H17BrCl2N2O3. The number of rotatable bonds is 3. The van der Waals surface area contributed by atoms with Gasteiger partial charge in [0.25, 0.3) is 5.56 Å². The smallest absolute Gasteiger partial charge is 0.279 e. The molecule has 0 saturated carbocycles. The molecule has 0 saturated heterocycles. The fourth-order valence-corrected chi connectivity index (χ4v) is 3.79. The minimum absolute atomic E-state index is 0.00171. The van der Waals surface area contributed by atoms with Crippen molar-refractivity contribution in [3.05, 3.63) is 71.3 Å². The Morgan fingerprint density at radius 3 is 2.39 bits per heavy atom. The molecule has 0 radical (unpaired) electrons. The van der Waals surface area contributed by atoms with E-state index in [1.807, 2.05) is 13.8 Å². The van der Waals surface area contributed by atoms with Crippen LogP contribution in [0.1, 0.15) is 19.4 Å². The van der Waals surface area contributed by atoms with Gasteiger partial charge in [-0.05, 0) is 71.7 Å². The van der Waals surface area contributed by atoms with Crippen molar-refractivity contribution in [1.82, 2.24) is 9.78 Å². The van der Waals surface area contributed by atoms with Crippen molar-refractivity contribution in [3.8, 4) is 17.2 Å². The number of nitrogens with one attached hydrogen (secondary N) is 1. The Labute approximate surface area is 179 Å². The van der Waals surface area contributed by atoms with E-state index in [-0.39, 0.29) is 11.3 Å². The van der Waals surface area contributed by atoms with Crippen molar-refractivity contribution in [3.63, 3.8) is 0 Å². The van der Waals surface area contributed by atoms with Gasteiger partial charge in [-0.3, -0.25) is 9.89 Å². The quantitative estimate of drug-likeness (QED) is 0.592. The largest absolute Gasteiger partial charge is 0.503 e. The van der Waals surface area contributed by atoms with Gasteiger partial charge in [0.1, 0.15) is 0 Å². The van der Waals surface area contributed by atoms with Gasteiger partial charge in [-0.1, -0.05) is 28.8 Å². The maximum atomic E-state index is 13.1. The predicted octanol–water partition coefficient (Wildman–Crippen LogP) is 3.97. The molecule has 0 aliphatic carbocycles. The molecule has 0 spiro atoms. The number of nitrogens with zero attached hydrogens (tertiary/aromatic N) is 1. The molecule has 1 aromatic heterocycles. The maximum absolute atomic E-state index is 13.1. The number of hydrogen-bond donors (Lipinski definition) is 2. The van der Waals surface area contributed by atoms with Gasteiger partial charge in [-0.2, -0.15) is 0 Å². The van der Waals surface area contributed by atoms with Gasteiger partial charge in [0, 0.05) is 10.0 Å². The lowest BCUT2D eigenvalue weighted by atomic mass is 10.1. The molecule has 3 rings (SSSR count). The first-order chi connectivity index (χ1) is 13.2. The van der Waals surface area contributed by atoms with E-state index in [2.05, 4.69) is 21.0 Å². The summed E-state index contributed by atoms with van der Waals surface area (Å²) < 4.78 is 7.06. The van der Waals surface area contributed by atoms with Crippen LogP contribution in [0.4, 0.5) is 0 Å². The van der Waals surface area contributed by atoms with Gasteiger partial charge in [-0.15, -0.1) is 0 Å². The van der Waals surface area contributed by atoms with Crippen molar-refractivity contribution >= 4 is 50.8 Å². The van der Waals surface area contributed by atoms with E-state index in [4.69, 9.17) is 27.9 Å². The summed E-state index contributed by atoms with van der Waals surface area (Å²) in [6, 6.07) is 8.28. The monoisotopic (exact) mass is 482 g/mol. The van der Waals surface area contributed by atoms with Crippen molar-refractivity contribution in [2.24, 2.45) is 0 Å². The van der Waals surface area contributed by atoms with E-state index in [0.717, 1.165) is 5.57 Å². The molecule has 0 atom stereocenters. The van der Waals surface area contributed by atoms with Crippen LogP contribution in [0.2, 0.25) is 10.0 Å². The number of benzene rings is 2. The summed E-state index contributed by atoms with van der Waals surface area (Å²) in [5.41, 5.74) is 1.91. The predicted molar refractivity (Wildman–Crippen MR) is 116 cm³/mol. The third kappa shape index (κ3) is 3.99. The van der Waals surface area contributed by atoms with Crippen molar-refractivity contribution < 1.29 is 9.84 Å². The molecule has 146 valence electrons.